The van der Waals surface area contributed by atoms with E-state index in [1.54, 1.807) is 12.1 Å². The molecular formula is C8H9NO4S2. The summed E-state index contributed by atoms with van der Waals surface area (Å²) >= 11 is 2.49. The van der Waals surface area contributed by atoms with Gasteiger partial charge in [-0.1, -0.05) is 6.07 Å². The minimum atomic E-state index is -0.954. The maximum Gasteiger partial charge on any atom is 0.313 e. The number of hydrogen-bond acceptors (Lipinski definition) is 5. The summed E-state index contributed by atoms with van der Waals surface area (Å²) in [7, 11) is 0. The van der Waals surface area contributed by atoms with Crippen LogP contribution in [0.1, 0.15) is 10.1 Å². The highest BCUT2D eigenvalue weighted by Gasteiger charge is 2.20. The molecule has 0 radical (unpaired) electrons. The molecule has 0 saturated heterocycles. The van der Waals surface area contributed by atoms with Crippen LogP contribution in [0.15, 0.2) is 17.5 Å². The summed E-state index contributed by atoms with van der Waals surface area (Å²) in [5, 5.41) is 20.4. The Morgan fingerprint density at radius 3 is 2.93 bits per heavy atom. The van der Waals surface area contributed by atoms with Gasteiger partial charge in [0.15, 0.2) is 0 Å². The van der Waals surface area contributed by atoms with Crippen LogP contribution in [0.2, 0.25) is 0 Å². The van der Waals surface area contributed by atoms with E-state index in [1.807, 2.05) is 5.38 Å². The Bertz CT molecular complexity index is 338. The van der Waals surface area contributed by atoms with E-state index in [0.717, 1.165) is 16.6 Å². The maximum atomic E-state index is 10.4. The van der Waals surface area contributed by atoms with E-state index < -0.39 is 10.9 Å². The highest BCUT2D eigenvalue weighted by molar-refractivity contribution is 8.00. The Hall–Kier alpha value is -1.08. The van der Waals surface area contributed by atoms with Crippen molar-refractivity contribution in [2.24, 2.45) is 0 Å². The van der Waals surface area contributed by atoms with Gasteiger partial charge in [0.05, 0.1) is 5.75 Å². The number of hydrogen-bond donors (Lipinski definition) is 1. The third-order valence-corrected chi connectivity index (χ3v) is 3.94. The maximum absolute atomic E-state index is 10.4. The molecule has 5 nitrogen and oxygen atoms in total. The fraction of sp³-hybridized carbons (Fsp3) is 0.375. The first-order chi connectivity index (χ1) is 7.09. The van der Waals surface area contributed by atoms with Crippen LogP contribution in [0.5, 0.6) is 0 Å². The van der Waals surface area contributed by atoms with Crippen molar-refractivity contribution in [2.75, 3.05) is 12.3 Å². The van der Waals surface area contributed by atoms with Gasteiger partial charge in [0.2, 0.25) is 6.54 Å². The number of nitro groups is 1. The summed E-state index contributed by atoms with van der Waals surface area (Å²) < 4.78 is 0. The Labute approximate surface area is 94.3 Å². The molecule has 0 aromatic carbocycles. The van der Waals surface area contributed by atoms with Crippen LogP contribution >= 0.6 is 23.1 Å². The standard InChI is InChI=1S/C8H9NO4S2/c10-8(11)5-15-7(4-9(12)13)6-2-1-3-14-6/h1-3,7H,4-5H2,(H,10,11). The highest BCUT2D eigenvalue weighted by atomic mass is 32.2. The average molecular weight is 247 g/mol. The Morgan fingerprint density at radius 2 is 2.47 bits per heavy atom. The Morgan fingerprint density at radius 1 is 1.73 bits per heavy atom. The number of carboxylic acids is 1. The largest absolute Gasteiger partial charge is 0.481 e. The van der Waals surface area contributed by atoms with Gasteiger partial charge in [-0.15, -0.1) is 23.1 Å². The van der Waals surface area contributed by atoms with Crippen LogP contribution in [-0.2, 0) is 4.79 Å². The summed E-state index contributed by atoms with van der Waals surface area (Å²) in [5.41, 5.74) is 0. The topological polar surface area (TPSA) is 80.4 Å². The van der Waals surface area contributed by atoms with E-state index in [1.165, 1.54) is 11.3 Å². The van der Waals surface area contributed by atoms with E-state index in [4.69, 9.17) is 5.11 Å². The molecule has 0 bridgehead atoms. The van der Waals surface area contributed by atoms with Gasteiger partial charge in [-0.05, 0) is 11.4 Å². The summed E-state index contributed by atoms with van der Waals surface area (Å²) in [5.74, 6) is -1.07. The Balaban J connectivity index is 2.61. The minimum Gasteiger partial charge on any atom is -0.481 e. The number of thiophene rings is 1. The summed E-state index contributed by atoms with van der Waals surface area (Å²) in [6.45, 7) is -0.238. The lowest BCUT2D eigenvalue weighted by molar-refractivity contribution is -0.479. The second-order valence-corrected chi connectivity index (χ2v) is 4.89. The zero-order chi connectivity index (χ0) is 11.3. The van der Waals surface area contributed by atoms with Gasteiger partial charge >= 0.3 is 5.97 Å². The van der Waals surface area contributed by atoms with Crippen molar-refractivity contribution < 1.29 is 14.8 Å². The molecule has 82 valence electrons. The van der Waals surface area contributed by atoms with Crippen LogP contribution in [0.4, 0.5) is 0 Å². The quantitative estimate of drug-likeness (QED) is 0.613. The number of thioether (sulfide) groups is 1. The van der Waals surface area contributed by atoms with Crippen molar-refractivity contribution in [2.45, 2.75) is 5.25 Å². The van der Waals surface area contributed by atoms with Crippen molar-refractivity contribution in [3.63, 3.8) is 0 Å². The first-order valence-corrected chi connectivity index (χ1v) is 6.01. The van der Waals surface area contributed by atoms with Gasteiger partial charge in [-0.25, -0.2) is 0 Å². The van der Waals surface area contributed by atoms with Gasteiger partial charge in [-0.2, -0.15) is 0 Å². The number of rotatable bonds is 6. The molecule has 0 aliphatic rings. The molecule has 0 fully saturated rings. The van der Waals surface area contributed by atoms with Crippen molar-refractivity contribution >= 4 is 29.1 Å². The number of aliphatic carboxylic acids is 1. The molecule has 1 unspecified atom stereocenters. The molecule has 1 N–H and O–H groups in total. The van der Waals surface area contributed by atoms with Crippen molar-refractivity contribution in [3.05, 3.63) is 32.5 Å². The van der Waals surface area contributed by atoms with Gasteiger partial charge in [-0.3, -0.25) is 14.9 Å². The van der Waals surface area contributed by atoms with Crippen molar-refractivity contribution in [1.29, 1.82) is 0 Å². The summed E-state index contributed by atoms with van der Waals surface area (Å²) in [6.07, 6.45) is 0. The average Bonchev–Trinajstić information content (AvgIpc) is 2.63. The van der Waals surface area contributed by atoms with E-state index >= 15 is 0 Å². The van der Waals surface area contributed by atoms with E-state index in [0.29, 0.717) is 0 Å². The third kappa shape index (κ3) is 4.30. The van der Waals surface area contributed by atoms with Gasteiger partial charge in [0.1, 0.15) is 5.25 Å². The van der Waals surface area contributed by atoms with E-state index in [2.05, 4.69) is 0 Å². The molecule has 0 aliphatic carbocycles. The summed E-state index contributed by atoms with van der Waals surface area (Å²) in [4.78, 5) is 21.2. The monoisotopic (exact) mass is 247 g/mol. The minimum absolute atomic E-state index is 0.115. The molecule has 1 rings (SSSR count). The fourth-order valence-electron chi connectivity index (χ4n) is 1.01. The van der Waals surface area contributed by atoms with Crippen LogP contribution in [0.3, 0.4) is 0 Å². The van der Waals surface area contributed by atoms with Gasteiger partial charge < -0.3 is 5.11 Å². The number of carbonyl (C=O) groups is 1. The molecule has 1 atom stereocenters. The number of nitrogens with zero attached hydrogens (tertiary/aromatic N) is 1. The highest BCUT2D eigenvalue weighted by Crippen LogP contribution is 2.31. The SMILES string of the molecule is O=C(O)CSC(C[N+](=O)[O-])c1cccs1. The lowest BCUT2D eigenvalue weighted by Crippen LogP contribution is -2.11. The lowest BCUT2D eigenvalue weighted by Gasteiger charge is -2.08. The number of carboxylic acid groups (broad SMARTS) is 1. The zero-order valence-corrected chi connectivity index (χ0v) is 9.29. The van der Waals surface area contributed by atoms with Crippen molar-refractivity contribution in [3.8, 4) is 0 Å². The molecule has 15 heavy (non-hydrogen) atoms. The van der Waals surface area contributed by atoms with Gasteiger partial charge in [0.25, 0.3) is 0 Å². The van der Waals surface area contributed by atoms with E-state index in [9.17, 15) is 14.9 Å². The smallest absolute Gasteiger partial charge is 0.313 e. The molecule has 0 spiro atoms. The first kappa shape index (κ1) is 12.0. The lowest BCUT2D eigenvalue weighted by atomic mass is 10.3. The normalized spacial score (nSPS) is 12.3. The zero-order valence-electron chi connectivity index (χ0n) is 7.66. The molecule has 0 amide bonds. The molecule has 0 aliphatic heterocycles. The van der Waals surface area contributed by atoms with Gasteiger partial charge in [0, 0.05) is 9.80 Å². The van der Waals surface area contributed by atoms with Crippen LogP contribution in [-0.4, -0.2) is 28.3 Å². The van der Waals surface area contributed by atoms with Crippen LogP contribution in [0, 0.1) is 10.1 Å². The van der Waals surface area contributed by atoms with Crippen molar-refractivity contribution in [1.82, 2.24) is 0 Å². The molecule has 1 aromatic heterocycles. The Kier molecular flexibility index (Phi) is 4.57. The fourth-order valence-corrected chi connectivity index (χ4v) is 2.89. The summed E-state index contributed by atoms with van der Waals surface area (Å²) in [6, 6.07) is 3.59. The molecule has 0 saturated carbocycles. The van der Waals surface area contributed by atoms with Crippen LogP contribution in [0.25, 0.3) is 0 Å². The molecular weight excluding hydrogens is 238 g/mol. The van der Waals surface area contributed by atoms with Crippen LogP contribution < -0.4 is 0 Å². The second kappa shape index (κ2) is 5.72. The van der Waals surface area contributed by atoms with E-state index in [-0.39, 0.29) is 17.5 Å². The predicted molar refractivity (Wildman–Crippen MR) is 59.0 cm³/mol. The third-order valence-electron chi connectivity index (χ3n) is 1.58. The first-order valence-electron chi connectivity index (χ1n) is 4.08. The molecule has 1 aromatic rings. The molecule has 1 heterocycles. The predicted octanol–water partition coefficient (Wildman–Crippen LogP) is 1.88. The molecule has 7 heteroatoms. The second-order valence-electron chi connectivity index (χ2n) is 2.72.